The van der Waals surface area contributed by atoms with Crippen LogP contribution < -0.4 is 5.73 Å². The fraction of sp³-hybridized carbons (Fsp3) is 0.800. The first-order valence-electron chi connectivity index (χ1n) is 6.09. The number of carboxylic acid groups (broad SMARTS) is 1. The predicted octanol–water partition coefficient (Wildman–Crippen LogP) is 0.682. The van der Waals surface area contributed by atoms with Gasteiger partial charge in [-0.15, -0.1) is 5.10 Å². The van der Waals surface area contributed by atoms with Gasteiger partial charge in [0.25, 0.3) is 0 Å². The average Bonchev–Trinajstić information content (AvgIpc) is 2.97. The Morgan fingerprint density at radius 2 is 2.28 bits per heavy atom. The number of nitrogens with two attached hydrogens (primary N) is 1. The lowest BCUT2D eigenvalue weighted by Gasteiger charge is -2.13. The van der Waals surface area contributed by atoms with E-state index < -0.39 is 11.2 Å². The molecule has 8 heteroatoms. The van der Waals surface area contributed by atoms with Crippen molar-refractivity contribution < 1.29 is 9.90 Å². The summed E-state index contributed by atoms with van der Waals surface area (Å²) >= 11 is 1.19. The van der Waals surface area contributed by atoms with Crippen molar-refractivity contribution in [3.63, 3.8) is 0 Å². The van der Waals surface area contributed by atoms with Crippen LogP contribution in [0.15, 0.2) is 5.16 Å². The first-order valence-corrected chi connectivity index (χ1v) is 6.97. The SMILES string of the molecule is NCCC(Sc1nnnn1C1CCCC1)C(=O)O. The normalized spacial score (nSPS) is 18.1. The molecule has 1 aromatic rings. The van der Waals surface area contributed by atoms with Crippen molar-refractivity contribution in [2.45, 2.75) is 48.6 Å². The van der Waals surface area contributed by atoms with E-state index in [1.54, 1.807) is 4.68 Å². The van der Waals surface area contributed by atoms with E-state index in [1.807, 2.05) is 0 Å². The number of hydrogen-bond donors (Lipinski definition) is 2. The van der Waals surface area contributed by atoms with Gasteiger partial charge in [0.2, 0.25) is 5.16 Å². The Morgan fingerprint density at radius 3 is 2.89 bits per heavy atom. The Balaban J connectivity index is 2.08. The van der Waals surface area contributed by atoms with E-state index in [0.717, 1.165) is 12.8 Å². The lowest BCUT2D eigenvalue weighted by Crippen LogP contribution is -2.21. The second kappa shape index (κ2) is 6.14. The van der Waals surface area contributed by atoms with Gasteiger partial charge in [0.05, 0.1) is 6.04 Å². The molecule has 0 bridgehead atoms. The number of carboxylic acids is 1. The number of carbonyl (C=O) groups is 1. The van der Waals surface area contributed by atoms with Crippen LogP contribution in [0.4, 0.5) is 0 Å². The van der Waals surface area contributed by atoms with Crippen LogP contribution >= 0.6 is 11.8 Å². The highest BCUT2D eigenvalue weighted by Crippen LogP contribution is 2.32. The molecular formula is C10H17N5O2S. The summed E-state index contributed by atoms with van der Waals surface area (Å²) < 4.78 is 1.77. The molecule has 0 amide bonds. The smallest absolute Gasteiger partial charge is 0.317 e. The number of aromatic nitrogens is 4. The van der Waals surface area contributed by atoms with E-state index in [-0.39, 0.29) is 0 Å². The van der Waals surface area contributed by atoms with Gasteiger partial charge >= 0.3 is 5.97 Å². The van der Waals surface area contributed by atoms with Gasteiger partial charge in [-0.25, -0.2) is 4.68 Å². The van der Waals surface area contributed by atoms with Crippen LogP contribution in [0.5, 0.6) is 0 Å². The zero-order chi connectivity index (χ0) is 13.0. The second-order valence-corrected chi connectivity index (χ2v) is 5.54. The summed E-state index contributed by atoms with van der Waals surface area (Å²) in [5, 5.41) is 20.7. The molecule has 100 valence electrons. The van der Waals surface area contributed by atoms with Crippen LogP contribution in [0, 0.1) is 0 Å². The molecular weight excluding hydrogens is 254 g/mol. The number of thioether (sulfide) groups is 1. The van der Waals surface area contributed by atoms with Gasteiger partial charge in [-0.05, 0) is 36.2 Å². The van der Waals surface area contributed by atoms with Crippen molar-refractivity contribution in [2.75, 3.05) is 6.54 Å². The summed E-state index contributed by atoms with van der Waals surface area (Å²) in [6.45, 7) is 0.342. The molecule has 1 fully saturated rings. The number of nitrogens with zero attached hydrogens (tertiary/aromatic N) is 4. The highest BCUT2D eigenvalue weighted by atomic mass is 32.2. The Kier molecular flexibility index (Phi) is 4.54. The molecule has 1 aliphatic carbocycles. The summed E-state index contributed by atoms with van der Waals surface area (Å²) in [4.78, 5) is 11.1. The zero-order valence-corrected chi connectivity index (χ0v) is 10.8. The highest BCUT2D eigenvalue weighted by Gasteiger charge is 2.26. The van der Waals surface area contributed by atoms with Gasteiger partial charge in [-0.1, -0.05) is 24.6 Å². The standard InChI is InChI=1S/C10H17N5O2S/c11-6-5-8(9(16)17)18-10-12-13-14-15(10)7-3-1-2-4-7/h7-8H,1-6,11H2,(H,16,17). The molecule has 1 atom stereocenters. The van der Waals surface area contributed by atoms with Crippen LogP contribution in [0.2, 0.25) is 0 Å². The second-order valence-electron chi connectivity index (χ2n) is 4.37. The maximum absolute atomic E-state index is 11.1. The summed E-state index contributed by atoms with van der Waals surface area (Å²) in [5.41, 5.74) is 5.42. The summed E-state index contributed by atoms with van der Waals surface area (Å²) in [6.07, 6.45) is 4.90. The van der Waals surface area contributed by atoms with E-state index in [4.69, 9.17) is 10.8 Å². The number of hydrogen-bond acceptors (Lipinski definition) is 6. The first kappa shape index (κ1) is 13.3. The molecule has 0 spiro atoms. The van der Waals surface area contributed by atoms with Crippen LogP contribution in [-0.2, 0) is 4.79 Å². The van der Waals surface area contributed by atoms with E-state index in [2.05, 4.69) is 15.5 Å². The number of tetrazole rings is 1. The van der Waals surface area contributed by atoms with Crippen LogP contribution in [0.3, 0.4) is 0 Å². The predicted molar refractivity (Wildman–Crippen MR) is 66.3 cm³/mol. The van der Waals surface area contributed by atoms with Gasteiger partial charge < -0.3 is 10.8 Å². The molecule has 0 aliphatic heterocycles. The van der Waals surface area contributed by atoms with Gasteiger partial charge in [-0.3, -0.25) is 4.79 Å². The monoisotopic (exact) mass is 271 g/mol. The number of rotatable bonds is 6. The molecule has 1 unspecified atom stereocenters. The summed E-state index contributed by atoms with van der Waals surface area (Å²) in [7, 11) is 0. The van der Waals surface area contributed by atoms with Gasteiger partial charge in [-0.2, -0.15) is 0 Å². The first-order chi connectivity index (χ1) is 8.72. The molecule has 1 saturated carbocycles. The topological polar surface area (TPSA) is 107 Å². The van der Waals surface area contributed by atoms with Crippen LogP contribution in [0.1, 0.15) is 38.1 Å². The Morgan fingerprint density at radius 1 is 1.56 bits per heavy atom. The lowest BCUT2D eigenvalue weighted by atomic mass is 10.3. The minimum atomic E-state index is -0.869. The molecule has 0 radical (unpaired) electrons. The van der Waals surface area contributed by atoms with Crippen LogP contribution in [-0.4, -0.2) is 43.1 Å². The molecule has 0 saturated heterocycles. The molecule has 1 aromatic heterocycles. The van der Waals surface area contributed by atoms with Crippen LogP contribution in [0.25, 0.3) is 0 Å². The molecule has 3 N–H and O–H groups in total. The minimum Gasteiger partial charge on any atom is -0.480 e. The van der Waals surface area contributed by atoms with Gasteiger partial charge in [0, 0.05) is 0 Å². The minimum absolute atomic E-state index is 0.315. The van der Waals surface area contributed by atoms with E-state index in [1.165, 1.54) is 24.6 Å². The molecule has 1 aliphatic rings. The van der Waals surface area contributed by atoms with Crippen molar-refractivity contribution in [2.24, 2.45) is 5.73 Å². The van der Waals surface area contributed by atoms with Crippen molar-refractivity contribution >= 4 is 17.7 Å². The average molecular weight is 271 g/mol. The van der Waals surface area contributed by atoms with E-state index in [9.17, 15) is 4.79 Å². The van der Waals surface area contributed by atoms with E-state index >= 15 is 0 Å². The van der Waals surface area contributed by atoms with Crippen molar-refractivity contribution in [1.29, 1.82) is 0 Å². The third kappa shape index (κ3) is 2.99. The maximum atomic E-state index is 11.1. The summed E-state index contributed by atoms with van der Waals surface area (Å²) in [6, 6.07) is 0.315. The Labute approximate surface area is 109 Å². The molecule has 1 heterocycles. The third-order valence-corrected chi connectivity index (χ3v) is 4.29. The Bertz CT molecular complexity index is 405. The van der Waals surface area contributed by atoms with Gasteiger partial charge in [0.1, 0.15) is 5.25 Å². The van der Waals surface area contributed by atoms with Gasteiger partial charge in [0.15, 0.2) is 0 Å². The lowest BCUT2D eigenvalue weighted by molar-refractivity contribution is -0.136. The molecule has 0 aromatic carbocycles. The quantitative estimate of drug-likeness (QED) is 0.733. The zero-order valence-electron chi connectivity index (χ0n) is 10.0. The highest BCUT2D eigenvalue weighted by molar-refractivity contribution is 8.00. The van der Waals surface area contributed by atoms with Crippen molar-refractivity contribution in [3.8, 4) is 0 Å². The number of aliphatic carboxylic acids is 1. The maximum Gasteiger partial charge on any atom is 0.317 e. The molecule has 2 rings (SSSR count). The summed E-state index contributed by atoms with van der Waals surface area (Å²) in [5.74, 6) is -0.869. The third-order valence-electron chi connectivity index (χ3n) is 3.09. The van der Waals surface area contributed by atoms with Crippen molar-refractivity contribution in [3.05, 3.63) is 0 Å². The fourth-order valence-corrected chi connectivity index (χ4v) is 3.14. The van der Waals surface area contributed by atoms with E-state index in [0.29, 0.717) is 24.2 Å². The largest absolute Gasteiger partial charge is 0.480 e. The van der Waals surface area contributed by atoms with Crippen molar-refractivity contribution in [1.82, 2.24) is 20.2 Å². The molecule has 7 nitrogen and oxygen atoms in total. The fourth-order valence-electron chi connectivity index (χ4n) is 2.15. The molecule has 18 heavy (non-hydrogen) atoms. The Hall–Kier alpha value is -1.15.